The van der Waals surface area contributed by atoms with Gasteiger partial charge in [0.05, 0.1) is 13.2 Å². The molecule has 1 unspecified atom stereocenters. The van der Waals surface area contributed by atoms with E-state index in [9.17, 15) is 4.39 Å². The maximum Gasteiger partial charge on any atom is 0.123 e. The Morgan fingerprint density at radius 2 is 1.89 bits per heavy atom. The minimum atomic E-state index is -0.184. The first kappa shape index (κ1) is 13.5. The molecule has 1 aliphatic heterocycles. The summed E-state index contributed by atoms with van der Waals surface area (Å²) < 4.78 is 18.2. The van der Waals surface area contributed by atoms with Crippen molar-refractivity contribution in [1.29, 1.82) is 0 Å². The topological polar surface area (TPSA) is 38.5 Å². The largest absolute Gasteiger partial charge is 0.379 e. The molecular formula is C14H21FN2O. The third kappa shape index (κ3) is 4.05. The highest BCUT2D eigenvalue weighted by molar-refractivity contribution is 5.16. The SMILES string of the molecule is NCC(Cc1ccc(F)cc1)CN1CCOCC1. The van der Waals surface area contributed by atoms with E-state index < -0.39 is 0 Å². The van der Waals surface area contributed by atoms with Gasteiger partial charge in [-0.1, -0.05) is 12.1 Å². The molecule has 0 aromatic heterocycles. The molecule has 1 aliphatic rings. The summed E-state index contributed by atoms with van der Waals surface area (Å²) in [4.78, 5) is 2.39. The van der Waals surface area contributed by atoms with Gasteiger partial charge in [-0.3, -0.25) is 4.90 Å². The highest BCUT2D eigenvalue weighted by atomic mass is 19.1. The van der Waals surface area contributed by atoms with Crippen molar-refractivity contribution >= 4 is 0 Å². The second-order valence-corrected chi connectivity index (χ2v) is 4.85. The van der Waals surface area contributed by atoms with Crippen LogP contribution < -0.4 is 5.73 Å². The lowest BCUT2D eigenvalue weighted by molar-refractivity contribution is 0.0312. The van der Waals surface area contributed by atoms with Crippen LogP contribution in [0.25, 0.3) is 0 Å². The number of hydrogen-bond donors (Lipinski definition) is 1. The van der Waals surface area contributed by atoms with Crippen LogP contribution in [0, 0.1) is 11.7 Å². The fourth-order valence-electron chi connectivity index (χ4n) is 2.33. The number of nitrogens with two attached hydrogens (primary N) is 1. The van der Waals surface area contributed by atoms with Crippen LogP contribution in [-0.2, 0) is 11.2 Å². The zero-order chi connectivity index (χ0) is 12.8. The lowest BCUT2D eigenvalue weighted by Crippen LogP contribution is -2.41. The molecule has 0 bridgehead atoms. The zero-order valence-corrected chi connectivity index (χ0v) is 10.6. The van der Waals surface area contributed by atoms with Crippen LogP contribution in [0.5, 0.6) is 0 Å². The average molecular weight is 252 g/mol. The van der Waals surface area contributed by atoms with Crippen molar-refractivity contribution in [2.45, 2.75) is 6.42 Å². The molecule has 0 amide bonds. The van der Waals surface area contributed by atoms with Crippen molar-refractivity contribution in [1.82, 2.24) is 4.90 Å². The summed E-state index contributed by atoms with van der Waals surface area (Å²) in [6.07, 6.45) is 0.911. The number of halogens is 1. The Morgan fingerprint density at radius 3 is 2.50 bits per heavy atom. The van der Waals surface area contributed by atoms with Gasteiger partial charge in [0.1, 0.15) is 5.82 Å². The Morgan fingerprint density at radius 1 is 1.22 bits per heavy atom. The summed E-state index contributed by atoms with van der Waals surface area (Å²) in [7, 11) is 0. The van der Waals surface area contributed by atoms with Crippen LogP contribution in [0.15, 0.2) is 24.3 Å². The lowest BCUT2D eigenvalue weighted by Gasteiger charge is -2.30. The molecule has 1 fully saturated rings. The fraction of sp³-hybridized carbons (Fsp3) is 0.571. The predicted molar refractivity (Wildman–Crippen MR) is 69.9 cm³/mol. The Balaban J connectivity index is 1.86. The molecule has 4 heteroatoms. The van der Waals surface area contributed by atoms with E-state index in [0.717, 1.165) is 44.8 Å². The molecule has 3 nitrogen and oxygen atoms in total. The van der Waals surface area contributed by atoms with E-state index in [1.807, 2.05) is 12.1 Å². The predicted octanol–water partition coefficient (Wildman–Crippen LogP) is 1.28. The summed E-state index contributed by atoms with van der Waals surface area (Å²) in [5.74, 6) is 0.241. The molecule has 100 valence electrons. The average Bonchev–Trinajstić information content (AvgIpc) is 2.41. The van der Waals surface area contributed by atoms with E-state index in [0.29, 0.717) is 12.5 Å². The maximum atomic E-state index is 12.8. The molecule has 0 aliphatic carbocycles. The minimum Gasteiger partial charge on any atom is -0.379 e. The first-order chi connectivity index (χ1) is 8.78. The van der Waals surface area contributed by atoms with Gasteiger partial charge in [-0.2, -0.15) is 0 Å². The number of ether oxygens (including phenoxy) is 1. The van der Waals surface area contributed by atoms with Crippen molar-refractivity contribution < 1.29 is 9.13 Å². The summed E-state index contributed by atoms with van der Waals surface area (Å²) in [5, 5.41) is 0. The molecular weight excluding hydrogens is 231 g/mol. The maximum absolute atomic E-state index is 12.8. The van der Waals surface area contributed by atoms with Gasteiger partial charge in [-0.25, -0.2) is 4.39 Å². The van der Waals surface area contributed by atoms with Gasteiger partial charge in [0.25, 0.3) is 0 Å². The molecule has 1 aromatic rings. The third-order valence-corrected chi connectivity index (χ3v) is 3.39. The van der Waals surface area contributed by atoms with Gasteiger partial charge in [-0.05, 0) is 36.6 Å². The monoisotopic (exact) mass is 252 g/mol. The van der Waals surface area contributed by atoms with Gasteiger partial charge < -0.3 is 10.5 Å². The smallest absolute Gasteiger partial charge is 0.123 e. The van der Waals surface area contributed by atoms with Gasteiger partial charge >= 0.3 is 0 Å². The third-order valence-electron chi connectivity index (χ3n) is 3.39. The summed E-state index contributed by atoms with van der Waals surface area (Å²) >= 11 is 0. The molecule has 0 spiro atoms. The first-order valence-corrected chi connectivity index (χ1v) is 6.52. The summed E-state index contributed by atoms with van der Waals surface area (Å²) in [5.41, 5.74) is 6.99. The van der Waals surface area contributed by atoms with Crippen molar-refractivity contribution in [3.63, 3.8) is 0 Å². The second kappa shape index (κ2) is 6.83. The van der Waals surface area contributed by atoms with Crippen molar-refractivity contribution in [2.75, 3.05) is 39.4 Å². The molecule has 1 saturated heterocycles. The molecule has 1 atom stereocenters. The number of morpholine rings is 1. The molecule has 1 aromatic carbocycles. The normalized spacial score (nSPS) is 18.8. The van der Waals surface area contributed by atoms with E-state index >= 15 is 0 Å². The number of benzene rings is 1. The molecule has 1 heterocycles. The minimum absolute atomic E-state index is 0.184. The quantitative estimate of drug-likeness (QED) is 0.858. The lowest BCUT2D eigenvalue weighted by atomic mass is 9.98. The van der Waals surface area contributed by atoms with Crippen LogP contribution in [0.3, 0.4) is 0 Å². The molecule has 0 saturated carbocycles. The van der Waals surface area contributed by atoms with Gasteiger partial charge in [0, 0.05) is 19.6 Å². The summed E-state index contributed by atoms with van der Waals surface area (Å²) in [6, 6.07) is 6.71. The summed E-state index contributed by atoms with van der Waals surface area (Å²) in [6.45, 7) is 5.26. The van der Waals surface area contributed by atoms with Crippen LogP contribution in [-0.4, -0.2) is 44.3 Å². The molecule has 0 radical (unpaired) electrons. The van der Waals surface area contributed by atoms with Crippen LogP contribution in [0.1, 0.15) is 5.56 Å². The van der Waals surface area contributed by atoms with Gasteiger partial charge in [-0.15, -0.1) is 0 Å². The van der Waals surface area contributed by atoms with Crippen molar-refractivity contribution in [2.24, 2.45) is 11.7 Å². The van der Waals surface area contributed by atoms with Gasteiger partial charge in [0.15, 0.2) is 0 Å². The molecule has 2 rings (SSSR count). The van der Waals surface area contributed by atoms with Crippen LogP contribution in [0.4, 0.5) is 4.39 Å². The Kier molecular flexibility index (Phi) is 5.11. The van der Waals surface area contributed by atoms with E-state index in [-0.39, 0.29) is 5.82 Å². The fourth-order valence-corrected chi connectivity index (χ4v) is 2.33. The van der Waals surface area contributed by atoms with E-state index in [4.69, 9.17) is 10.5 Å². The van der Waals surface area contributed by atoms with Crippen LogP contribution >= 0.6 is 0 Å². The Hall–Kier alpha value is -0.970. The van der Waals surface area contributed by atoms with E-state index in [1.165, 1.54) is 12.1 Å². The molecule has 2 N–H and O–H groups in total. The standard InChI is InChI=1S/C14H21FN2O/c15-14-3-1-12(2-4-14)9-13(10-16)11-17-5-7-18-8-6-17/h1-4,13H,5-11,16H2. The highest BCUT2D eigenvalue weighted by Gasteiger charge is 2.16. The van der Waals surface area contributed by atoms with Crippen molar-refractivity contribution in [3.8, 4) is 0 Å². The number of rotatable bonds is 5. The first-order valence-electron chi connectivity index (χ1n) is 6.52. The highest BCUT2D eigenvalue weighted by Crippen LogP contribution is 2.11. The van der Waals surface area contributed by atoms with E-state index in [1.54, 1.807) is 0 Å². The van der Waals surface area contributed by atoms with Crippen molar-refractivity contribution in [3.05, 3.63) is 35.6 Å². The van der Waals surface area contributed by atoms with E-state index in [2.05, 4.69) is 4.90 Å². The van der Waals surface area contributed by atoms with Crippen LogP contribution in [0.2, 0.25) is 0 Å². The second-order valence-electron chi connectivity index (χ2n) is 4.85. The number of hydrogen-bond acceptors (Lipinski definition) is 3. The number of nitrogens with zero attached hydrogens (tertiary/aromatic N) is 1. The zero-order valence-electron chi connectivity index (χ0n) is 10.6. The molecule has 18 heavy (non-hydrogen) atoms. The Bertz CT molecular complexity index is 349. The Labute approximate surface area is 108 Å². The van der Waals surface area contributed by atoms with Gasteiger partial charge in [0.2, 0.25) is 0 Å².